The largest absolute Gasteiger partial charge is 0.288 e. The summed E-state index contributed by atoms with van der Waals surface area (Å²) >= 11 is 0. The highest BCUT2D eigenvalue weighted by Crippen LogP contribution is 1.95. The molecule has 0 saturated heterocycles. The number of aliphatic imine (C=N–C) groups is 1. The molecule has 0 amide bonds. The van der Waals surface area contributed by atoms with E-state index in [0.29, 0.717) is 0 Å². The maximum Gasteiger partial charge on any atom is 0.196 e. The van der Waals surface area contributed by atoms with Crippen molar-refractivity contribution in [2.24, 2.45) is 4.99 Å². The second kappa shape index (κ2) is 1.90. The van der Waals surface area contributed by atoms with Gasteiger partial charge in [-0.15, -0.1) is 0 Å². The van der Waals surface area contributed by atoms with Gasteiger partial charge >= 0.3 is 0 Å². The average molecular weight is 109 g/mol. The number of nitrogens with zero attached hydrogens (tertiary/aromatic N) is 1. The van der Waals surface area contributed by atoms with Gasteiger partial charge in [-0.3, -0.25) is 9.79 Å². The van der Waals surface area contributed by atoms with Crippen molar-refractivity contribution in [3.8, 4) is 0 Å². The molecule has 2 heteroatoms. The van der Waals surface area contributed by atoms with Gasteiger partial charge in [0.05, 0.1) is 12.3 Å². The van der Waals surface area contributed by atoms with Crippen LogP contribution >= 0.6 is 0 Å². The SMILES string of the molecule is CC1C=CC(=O)C=N1. The molecule has 8 heavy (non-hydrogen) atoms. The van der Waals surface area contributed by atoms with E-state index in [4.69, 9.17) is 0 Å². The van der Waals surface area contributed by atoms with Gasteiger partial charge in [-0.2, -0.15) is 0 Å². The normalized spacial score (nSPS) is 26.6. The van der Waals surface area contributed by atoms with Crippen molar-refractivity contribution < 1.29 is 4.79 Å². The fourth-order valence-electron chi connectivity index (χ4n) is 0.518. The van der Waals surface area contributed by atoms with E-state index in [2.05, 4.69) is 4.99 Å². The molecule has 0 aromatic rings. The second-order valence-corrected chi connectivity index (χ2v) is 1.78. The monoisotopic (exact) mass is 109 g/mol. The fourth-order valence-corrected chi connectivity index (χ4v) is 0.518. The summed E-state index contributed by atoms with van der Waals surface area (Å²) in [6.45, 7) is 1.93. The van der Waals surface area contributed by atoms with Crippen molar-refractivity contribution >= 4 is 12.0 Å². The summed E-state index contributed by atoms with van der Waals surface area (Å²) in [5, 5.41) is 0. The van der Waals surface area contributed by atoms with Crippen molar-refractivity contribution in [1.29, 1.82) is 0 Å². The van der Waals surface area contributed by atoms with Crippen molar-refractivity contribution in [2.75, 3.05) is 0 Å². The summed E-state index contributed by atoms with van der Waals surface area (Å²) in [4.78, 5) is 14.2. The lowest BCUT2D eigenvalue weighted by molar-refractivity contribution is -0.108. The molecule has 1 aliphatic heterocycles. The topological polar surface area (TPSA) is 29.4 Å². The average Bonchev–Trinajstić information content (AvgIpc) is 1.77. The Labute approximate surface area is 47.9 Å². The van der Waals surface area contributed by atoms with Gasteiger partial charge in [0.15, 0.2) is 5.78 Å². The van der Waals surface area contributed by atoms with E-state index in [1.54, 1.807) is 6.08 Å². The molecule has 1 atom stereocenters. The minimum absolute atomic E-state index is 0.0110. The van der Waals surface area contributed by atoms with Crippen LogP contribution in [0.25, 0.3) is 0 Å². The predicted molar refractivity (Wildman–Crippen MR) is 32.1 cm³/mol. The molecular weight excluding hydrogens is 102 g/mol. The molecule has 0 bridgehead atoms. The smallest absolute Gasteiger partial charge is 0.196 e. The molecule has 0 fully saturated rings. The lowest BCUT2D eigenvalue weighted by atomic mass is 10.2. The van der Waals surface area contributed by atoms with Gasteiger partial charge in [0.2, 0.25) is 0 Å². The van der Waals surface area contributed by atoms with Gasteiger partial charge in [0.25, 0.3) is 0 Å². The zero-order chi connectivity index (χ0) is 5.98. The summed E-state index contributed by atoms with van der Waals surface area (Å²) in [5.41, 5.74) is 0. The summed E-state index contributed by atoms with van der Waals surface area (Å²) in [5.74, 6) is -0.0110. The molecule has 2 nitrogen and oxygen atoms in total. The highest BCUT2D eigenvalue weighted by molar-refractivity contribution is 6.33. The van der Waals surface area contributed by atoms with Crippen molar-refractivity contribution in [3.63, 3.8) is 0 Å². The van der Waals surface area contributed by atoms with Crippen molar-refractivity contribution in [2.45, 2.75) is 13.0 Å². The minimum Gasteiger partial charge on any atom is -0.288 e. The second-order valence-electron chi connectivity index (χ2n) is 1.78. The molecule has 1 rings (SSSR count). The Morgan fingerprint density at radius 1 is 1.75 bits per heavy atom. The van der Waals surface area contributed by atoms with Crippen LogP contribution in [0.5, 0.6) is 0 Å². The first-order valence-electron chi connectivity index (χ1n) is 2.54. The number of carbonyl (C=O) groups is 1. The van der Waals surface area contributed by atoms with Crippen LogP contribution in [0.2, 0.25) is 0 Å². The predicted octanol–water partition coefficient (Wildman–Crippen LogP) is 0.585. The number of dihydropyridines is 1. The molecule has 0 radical (unpaired) electrons. The molecule has 42 valence electrons. The fraction of sp³-hybridized carbons (Fsp3) is 0.333. The quantitative estimate of drug-likeness (QED) is 0.447. The maximum absolute atomic E-state index is 10.4. The third-order valence-electron chi connectivity index (χ3n) is 0.976. The van der Waals surface area contributed by atoms with Crippen molar-refractivity contribution in [3.05, 3.63) is 12.2 Å². The molecule has 1 unspecified atom stereocenters. The number of hydrogen-bond donors (Lipinski definition) is 0. The third-order valence-corrected chi connectivity index (χ3v) is 0.976. The van der Waals surface area contributed by atoms with Crippen molar-refractivity contribution in [1.82, 2.24) is 0 Å². The first kappa shape index (κ1) is 5.22. The Hall–Kier alpha value is -0.920. The van der Waals surface area contributed by atoms with Gasteiger partial charge in [0, 0.05) is 0 Å². The standard InChI is InChI=1S/C6H7NO/c1-5-2-3-6(8)4-7-5/h2-5H,1H3. The number of rotatable bonds is 0. The van der Waals surface area contributed by atoms with Gasteiger partial charge < -0.3 is 0 Å². The lowest BCUT2D eigenvalue weighted by Crippen LogP contribution is -2.05. The highest BCUT2D eigenvalue weighted by Gasteiger charge is 1.99. The van der Waals surface area contributed by atoms with Crippen LogP contribution in [0.3, 0.4) is 0 Å². The Bertz CT molecular complexity index is 142. The van der Waals surface area contributed by atoms with E-state index >= 15 is 0 Å². The van der Waals surface area contributed by atoms with Gasteiger partial charge in [-0.25, -0.2) is 0 Å². The van der Waals surface area contributed by atoms with Crippen LogP contribution in [0, 0.1) is 0 Å². The Morgan fingerprint density at radius 3 is 2.88 bits per heavy atom. The molecule has 0 aromatic heterocycles. The van der Waals surface area contributed by atoms with Gasteiger partial charge in [-0.1, -0.05) is 6.08 Å². The van der Waals surface area contributed by atoms with Crippen LogP contribution in [-0.2, 0) is 4.79 Å². The Morgan fingerprint density at radius 2 is 2.50 bits per heavy atom. The van der Waals surface area contributed by atoms with Crippen LogP contribution < -0.4 is 0 Å². The van der Waals surface area contributed by atoms with Gasteiger partial charge in [-0.05, 0) is 13.0 Å². The molecule has 0 N–H and O–H groups in total. The molecule has 0 spiro atoms. The van der Waals surface area contributed by atoms with Gasteiger partial charge in [0.1, 0.15) is 0 Å². The summed E-state index contributed by atoms with van der Waals surface area (Å²) < 4.78 is 0. The molecule has 1 heterocycles. The zero-order valence-electron chi connectivity index (χ0n) is 4.66. The first-order valence-corrected chi connectivity index (χ1v) is 2.54. The third kappa shape index (κ3) is 1.03. The molecule has 1 aliphatic rings. The highest BCUT2D eigenvalue weighted by atomic mass is 16.1. The minimum atomic E-state index is -0.0110. The van der Waals surface area contributed by atoms with Crippen LogP contribution in [0.15, 0.2) is 17.1 Å². The van der Waals surface area contributed by atoms with Crippen LogP contribution in [0.4, 0.5) is 0 Å². The van der Waals surface area contributed by atoms with E-state index in [1.807, 2.05) is 6.92 Å². The number of ketones is 1. The molecular formula is C6H7NO. The number of allylic oxidation sites excluding steroid dienone is 1. The van der Waals surface area contributed by atoms with Crippen LogP contribution in [-0.4, -0.2) is 18.0 Å². The van der Waals surface area contributed by atoms with E-state index in [9.17, 15) is 4.79 Å². The Balaban J connectivity index is 2.68. The molecule has 0 saturated carbocycles. The first-order chi connectivity index (χ1) is 3.79. The summed E-state index contributed by atoms with van der Waals surface area (Å²) in [7, 11) is 0. The lowest BCUT2D eigenvalue weighted by Gasteiger charge is -1.99. The van der Waals surface area contributed by atoms with E-state index in [-0.39, 0.29) is 11.8 Å². The number of carbonyl (C=O) groups excluding carboxylic acids is 1. The molecule has 0 aliphatic carbocycles. The summed E-state index contributed by atoms with van der Waals surface area (Å²) in [6, 6.07) is 0.188. The zero-order valence-corrected chi connectivity index (χ0v) is 4.66. The summed E-state index contributed by atoms with van der Waals surface area (Å²) in [6.07, 6.45) is 4.67. The Kier molecular flexibility index (Phi) is 1.24. The van der Waals surface area contributed by atoms with E-state index < -0.39 is 0 Å². The van der Waals surface area contributed by atoms with E-state index in [1.165, 1.54) is 12.3 Å². The van der Waals surface area contributed by atoms with Crippen LogP contribution in [0.1, 0.15) is 6.92 Å². The molecule has 0 aromatic carbocycles. The number of hydrogen-bond acceptors (Lipinski definition) is 2. The van der Waals surface area contributed by atoms with E-state index in [0.717, 1.165) is 0 Å². The maximum atomic E-state index is 10.4.